The summed E-state index contributed by atoms with van der Waals surface area (Å²) in [7, 11) is 1.65. The number of aryl methyl sites for hydroxylation is 2. The first-order valence-electron chi connectivity index (χ1n) is 9.21. The van der Waals surface area contributed by atoms with Gasteiger partial charge in [0.15, 0.2) is 6.61 Å². The standard InChI is InChI=1S/C19H22ClN5O6/c1-10(2)17(22-18(27)12-5-6-13(20)14(8-12)25(29)30)19(28)31-9-16(26)21-15-7-11(3)23-24(15)4/h5-8,10,17H,9H2,1-4H3,(H,21,26)(H,22,27)/t17-/m0/s1. The minimum absolute atomic E-state index is 0.0427. The molecule has 1 heterocycles. The second kappa shape index (κ2) is 10.0. The maximum Gasteiger partial charge on any atom is 0.329 e. The van der Waals surface area contributed by atoms with E-state index in [2.05, 4.69) is 15.7 Å². The summed E-state index contributed by atoms with van der Waals surface area (Å²) in [4.78, 5) is 47.3. The Hall–Kier alpha value is -3.47. The molecule has 166 valence electrons. The lowest BCUT2D eigenvalue weighted by atomic mass is 10.0. The van der Waals surface area contributed by atoms with Crippen molar-refractivity contribution < 1.29 is 24.0 Å². The number of benzene rings is 1. The second-order valence-corrected chi connectivity index (χ2v) is 7.48. The third-order valence-electron chi connectivity index (χ3n) is 4.23. The van der Waals surface area contributed by atoms with Crippen molar-refractivity contribution in [2.75, 3.05) is 11.9 Å². The Bertz CT molecular complexity index is 1020. The minimum Gasteiger partial charge on any atom is -0.454 e. The zero-order valence-electron chi connectivity index (χ0n) is 17.3. The molecule has 0 unspecified atom stereocenters. The molecular weight excluding hydrogens is 430 g/mol. The van der Waals surface area contributed by atoms with Crippen molar-refractivity contribution in [2.45, 2.75) is 26.8 Å². The van der Waals surface area contributed by atoms with Gasteiger partial charge in [0.05, 0.1) is 10.6 Å². The lowest BCUT2D eigenvalue weighted by molar-refractivity contribution is -0.384. The van der Waals surface area contributed by atoms with Crippen LogP contribution in [-0.2, 0) is 21.4 Å². The number of hydrogen-bond acceptors (Lipinski definition) is 7. The largest absolute Gasteiger partial charge is 0.454 e. The molecule has 11 nitrogen and oxygen atoms in total. The van der Waals surface area contributed by atoms with Gasteiger partial charge in [-0.15, -0.1) is 0 Å². The number of anilines is 1. The summed E-state index contributed by atoms with van der Waals surface area (Å²) in [5.74, 6) is -2.04. The molecule has 0 aliphatic carbocycles. The first-order chi connectivity index (χ1) is 14.5. The molecule has 12 heteroatoms. The second-order valence-electron chi connectivity index (χ2n) is 7.07. The molecule has 2 aromatic rings. The number of halogens is 1. The number of nitrogens with zero attached hydrogens (tertiary/aromatic N) is 3. The van der Waals surface area contributed by atoms with Crippen molar-refractivity contribution in [3.05, 3.63) is 50.7 Å². The Morgan fingerprint density at radius 2 is 1.97 bits per heavy atom. The van der Waals surface area contributed by atoms with Crippen molar-refractivity contribution in [3.8, 4) is 0 Å². The SMILES string of the molecule is Cc1cc(NC(=O)COC(=O)[C@@H](NC(=O)c2ccc(Cl)c([N+](=O)[O-])c2)C(C)C)n(C)n1. The fourth-order valence-electron chi connectivity index (χ4n) is 2.65. The number of nitro groups is 1. The van der Waals surface area contributed by atoms with Gasteiger partial charge in [-0.05, 0) is 25.0 Å². The summed E-state index contributed by atoms with van der Waals surface area (Å²) < 4.78 is 6.51. The van der Waals surface area contributed by atoms with E-state index in [0.29, 0.717) is 11.5 Å². The molecule has 2 amide bonds. The molecule has 1 aromatic carbocycles. The fraction of sp³-hybridized carbons (Fsp3) is 0.368. The van der Waals surface area contributed by atoms with Crippen molar-refractivity contribution in [1.29, 1.82) is 0 Å². The zero-order valence-corrected chi connectivity index (χ0v) is 18.1. The Labute approximate surface area is 182 Å². The molecule has 0 bridgehead atoms. The average Bonchev–Trinajstić information content (AvgIpc) is 3.00. The predicted molar refractivity (Wildman–Crippen MR) is 112 cm³/mol. The van der Waals surface area contributed by atoms with Gasteiger partial charge in [0, 0.05) is 24.7 Å². The minimum atomic E-state index is -1.08. The highest BCUT2D eigenvalue weighted by Crippen LogP contribution is 2.25. The molecule has 0 saturated carbocycles. The lowest BCUT2D eigenvalue weighted by Gasteiger charge is -2.20. The van der Waals surface area contributed by atoms with Crippen LogP contribution in [0.5, 0.6) is 0 Å². The van der Waals surface area contributed by atoms with Gasteiger partial charge in [0.2, 0.25) is 0 Å². The van der Waals surface area contributed by atoms with E-state index in [1.165, 1.54) is 16.8 Å². The number of ether oxygens (including phenoxy) is 1. The smallest absolute Gasteiger partial charge is 0.329 e. The summed E-state index contributed by atoms with van der Waals surface area (Å²) in [5.41, 5.74) is 0.235. The topological polar surface area (TPSA) is 145 Å². The molecule has 2 rings (SSSR count). The van der Waals surface area contributed by atoms with Gasteiger partial charge >= 0.3 is 5.97 Å². The van der Waals surface area contributed by atoms with Crippen molar-refractivity contribution >= 4 is 40.9 Å². The maximum absolute atomic E-state index is 12.5. The summed E-state index contributed by atoms with van der Waals surface area (Å²) in [6.07, 6.45) is 0. The van der Waals surface area contributed by atoms with Crippen LogP contribution in [0.4, 0.5) is 11.5 Å². The molecule has 0 spiro atoms. The van der Waals surface area contributed by atoms with Crippen LogP contribution in [0.3, 0.4) is 0 Å². The Morgan fingerprint density at radius 1 is 1.29 bits per heavy atom. The van der Waals surface area contributed by atoms with Crippen molar-refractivity contribution in [3.63, 3.8) is 0 Å². The third-order valence-corrected chi connectivity index (χ3v) is 4.55. The molecule has 0 saturated heterocycles. The number of carbonyl (C=O) groups is 3. The third kappa shape index (κ3) is 6.25. The molecule has 31 heavy (non-hydrogen) atoms. The number of rotatable bonds is 8. The first-order valence-corrected chi connectivity index (χ1v) is 9.59. The van der Waals surface area contributed by atoms with Gasteiger partial charge in [0.1, 0.15) is 16.9 Å². The Kier molecular flexibility index (Phi) is 7.70. The molecule has 0 radical (unpaired) electrons. The highest BCUT2D eigenvalue weighted by molar-refractivity contribution is 6.32. The van der Waals surface area contributed by atoms with Crippen LogP contribution in [0.1, 0.15) is 29.9 Å². The highest BCUT2D eigenvalue weighted by Gasteiger charge is 2.27. The van der Waals surface area contributed by atoms with Crippen LogP contribution < -0.4 is 10.6 Å². The van der Waals surface area contributed by atoms with E-state index >= 15 is 0 Å². The predicted octanol–water partition coefficient (Wildman–Crippen LogP) is 2.23. The summed E-state index contributed by atoms with van der Waals surface area (Å²) in [6.45, 7) is 4.56. The molecular formula is C19H22ClN5O6. The number of nitrogens with one attached hydrogen (secondary N) is 2. The highest BCUT2D eigenvalue weighted by atomic mass is 35.5. The van der Waals surface area contributed by atoms with Crippen LogP contribution in [0.25, 0.3) is 0 Å². The van der Waals surface area contributed by atoms with Crippen LogP contribution in [0.15, 0.2) is 24.3 Å². The van der Waals surface area contributed by atoms with Gasteiger partial charge in [-0.2, -0.15) is 5.10 Å². The lowest BCUT2D eigenvalue weighted by Crippen LogP contribution is -2.46. The van der Waals surface area contributed by atoms with Crippen LogP contribution in [0.2, 0.25) is 5.02 Å². The van der Waals surface area contributed by atoms with Gasteiger partial charge in [-0.1, -0.05) is 25.4 Å². The van der Waals surface area contributed by atoms with E-state index < -0.39 is 41.0 Å². The molecule has 0 fully saturated rings. The molecule has 1 aromatic heterocycles. The maximum atomic E-state index is 12.5. The van der Waals surface area contributed by atoms with Crippen molar-refractivity contribution in [1.82, 2.24) is 15.1 Å². The first kappa shape index (κ1) is 23.8. The van der Waals surface area contributed by atoms with E-state index in [1.54, 1.807) is 33.9 Å². The van der Waals surface area contributed by atoms with E-state index in [4.69, 9.17) is 16.3 Å². The van der Waals surface area contributed by atoms with Crippen LogP contribution >= 0.6 is 11.6 Å². The number of aromatic nitrogens is 2. The number of hydrogen-bond donors (Lipinski definition) is 2. The van der Waals surface area contributed by atoms with Crippen molar-refractivity contribution in [2.24, 2.45) is 13.0 Å². The Balaban J connectivity index is 2.01. The van der Waals surface area contributed by atoms with E-state index in [0.717, 1.165) is 6.07 Å². The Morgan fingerprint density at radius 3 is 2.52 bits per heavy atom. The average molecular weight is 452 g/mol. The summed E-state index contributed by atoms with van der Waals surface area (Å²) in [5, 5.41) is 20.0. The molecule has 2 N–H and O–H groups in total. The number of nitro benzene ring substituents is 1. The summed E-state index contributed by atoms with van der Waals surface area (Å²) >= 11 is 5.75. The monoisotopic (exact) mass is 451 g/mol. The number of esters is 1. The van der Waals surface area contributed by atoms with Gasteiger partial charge < -0.3 is 15.4 Å². The molecule has 1 atom stereocenters. The summed E-state index contributed by atoms with van der Waals surface area (Å²) in [6, 6.07) is 4.12. The van der Waals surface area contributed by atoms with E-state index in [-0.39, 0.29) is 16.5 Å². The molecule has 0 aliphatic heterocycles. The molecule has 0 aliphatic rings. The quantitative estimate of drug-likeness (QED) is 0.355. The van der Waals surface area contributed by atoms with E-state index in [9.17, 15) is 24.5 Å². The van der Waals surface area contributed by atoms with Crippen LogP contribution in [0, 0.1) is 23.0 Å². The van der Waals surface area contributed by atoms with Gasteiger partial charge in [-0.3, -0.25) is 24.4 Å². The van der Waals surface area contributed by atoms with Gasteiger partial charge in [-0.25, -0.2) is 4.79 Å². The zero-order chi connectivity index (χ0) is 23.3. The van der Waals surface area contributed by atoms with Gasteiger partial charge in [0.25, 0.3) is 17.5 Å². The van der Waals surface area contributed by atoms with E-state index in [1.807, 2.05) is 0 Å². The van der Waals surface area contributed by atoms with Crippen LogP contribution in [-0.4, -0.2) is 45.1 Å². The normalized spacial score (nSPS) is 11.7. The number of amides is 2. The number of carbonyl (C=O) groups excluding carboxylic acids is 3. The fourth-order valence-corrected chi connectivity index (χ4v) is 2.84.